The van der Waals surface area contributed by atoms with Gasteiger partial charge in [-0.1, -0.05) is 6.07 Å². The van der Waals surface area contributed by atoms with Crippen molar-refractivity contribution in [3.8, 4) is 0 Å². The van der Waals surface area contributed by atoms with Crippen LogP contribution in [0.2, 0.25) is 0 Å². The first-order valence-corrected chi connectivity index (χ1v) is 5.64. The summed E-state index contributed by atoms with van der Waals surface area (Å²) in [6.07, 6.45) is 5.58. The molecule has 3 rings (SSSR count). The number of fused-ring (bicyclic) bond motifs is 1. The third-order valence-corrected chi connectivity index (χ3v) is 4.01. The van der Waals surface area contributed by atoms with Gasteiger partial charge >= 0.3 is 0 Å². The number of rotatable bonds is 1. The lowest BCUT2D eigenvalue weighted by Gasteiger charge is -2.29. The zero-order valence-electron chi connectivity index (χ0n) is 9.50. The lowest BCUT2D eigenvalue weighted by Crippen LogP contribution is -2.33. The van der Waals surface area contributed by atoms with E-state index in [0.29, 0.717) is 11.8 Å². The molecule has 1 aliphatic heterocycles. The van der Waals surface area contributed by atoms with Gasteiger partial charge in [0.15, 0.2) is 0 Å². The first kappa shape index (κ1) is 14.7. The molecule has 1 aromatic rings. The van der Waals surface area contributed by atoms with Crippen LogP contribution in [0.3, 0.4) is 0 Å². The van der Waals surface area contributed by atoms with Gasteiger partial charge in [0.2, 0.25) is 0 Å². The second-order valence-corrected chi connectivity index (χ2v) is 4.73. The number of nitrogens with zero attached hydrogens (tertiary/aromatic N) is 1. The van der Waals surface area contributed by atoms with Crippen LogP contribution < -0.4 is 5.32 Å². The van der Waals surface area contributed by atoms with Gasteiger partial charge in [-0.25, -0.2) is 0 Å². The molecule has 2 aliphatic rings. The Morgan fingerprint density at radius 1 is 1.35 bits per heavy atom. The molecule has 1 saturated carbocycles. The fourth-order valence-electron chi connectivity index (χ4n) is 3.16. The minimum Gasteiger partial charge on any atom is -0.385 e. The van der Waals surface area contributed by atoms with Gasteiger partial charge in [-0.15, -0.1) is 24.8 Å². The molecular formula is C12H18Cl2N2O. The van der Waals surface area contributed by atoms with E-state index in [4.69, 9.17) is 0 Å². The van der Waals surface area contributed by atoms with Crippen molar-refractivity contribution in [3.05, 3.63) is 30.1 Å². The van der Waals surface area contributed by atoms with Crippen molar-refractivity contribution in [2.45, 2.75) is 18.4 Å². The number of hydrogen-bond donors (Lipinski definition) is 2. The van der Waals surface area contributed by atoms with Gasteiger partial charge in [0.25, 0.3) is 0 Å². The molecule has 0 amide bonds. The van der Waals surface area contributed by atoms with Crippen LogP contribution in [0.1, 0.15) is 18.4 Å². The van der Waals surface area contributed by atoms with Crippen molar-refractivity contribution in [2.24, 2.45) is 11.8 Å². The zero-order chi connectivity index (χ0) is 10.3. The normalized spacial score (nSPS) is 34.6. The average Bonchev–Trinajstić information content (AvgIpc) is 2.85. The summed E-state index contributed by atoms with van der Waals surface area (Å²) in [4.78, 5) is 4.11. The summed E-state index contributed by atoms with van der Waals surface area (Å²) in [6.45, 7) is 2.00. The third-order valence-electron chi connectivity index (χ3n) is 4.01. The van der Waals surface area contributed by atoms with E-state index >= 15 is 0 Å². The van der Waals surface area contributed by atoms with Gasteiger partial charge in [-0.3, -0.25) is 4.98 Å². The number of aliphatic hydroxyl groups is 1. The van der Waals surface area contributed by atoms with Crippen LogP contribution in [0.25, 0.3) is 0 Å². The number of pyridine rings is 1. The standard InChI is InChI=1S/C12H16N2O.2ClH/c15-12(10-2-1-5-13-7-10)4-3-9-6-14-8-11(9)12;;/h1-2,5,7,9,11,14-15H,3-4,6,8H2;2*1H. The molecule has 96 valence electrons. The van der Waals surface area contributed by atoms with E-state index in [-0.39, 0.29) is 24.8 Å². The van der Waals surface area contributed by atoms with Crippen LogP contribution >= 0.6 is 24.8 Å². The smallest absolute Gasteiger partial charge is 0.0954 e. The molecule has 0 spiro atoms. The van der Waals surface area contributed by atoms with Gasteiger partial charge in [-0.2, -0.15) is 0 Å². The minimum atomic E-state index is -0.636. The summed E-state index contributed by atoms with van der Waals surface area (Å²) in [5, 5.41) is 14.1. The average molecular weight is 277 g/mol. The van der Waals surface area contributed by atoms with Gasteiger partial charge in [0.1, 0.15) is 0 Å². The van der Waals surface area contributed by atoms with Gasteiger partial charge in [0, 0.05) is 30.4 Å². The highest BCUT2D eigenvalue weighted by Gasteiger charge is 2.50. The molecule has 0 radical (unpaired) electrons. The van der Waals surface area contributed by atoms with Crippen LogP contribution in [-0.4, -0.2) is 23.2 Å². The Hall–Kier alpha value is -0.350. The maximum atomic E-state index is 10.8. The maximum absolute atomic E-state index is 10.8. The molecular weight excluding hydrogens is 259 g/mol. The van der Waals surface area contributed by atoms with Crippen molar-refractivity contribution < 1.29 is 5.11 Å². The Labute approximate surface area is 114 Å². The molecule has 3 atom stereocenters. The minimum absolute atomic E-state index is 0. The van der Waals surface area contributed by atoms with Crippen LogP contribution in [-0.2, 0) is 5.60 Å². The van der Waals surface area contributed by atoms with Crippen molar-refractivity contribution in [3.63, 3.8) is 0 Å². The summed E-state index contributed by atoms with van der Waals surface area (Å²) in [7, 11) is 0. The molecule has 2 heterocycles. The van der Waals surface area contributed by atoms with E-state index in [1.165, 1.54) is 0 Å². The lowest BCUT2D eigenvalue weighted by atomic mass is 9.83. The quantitative estimate of drug-likeness (QED) is 0.822. The second kappa shape index (κ2) is 5.53. The molecule has 3 unspecified atom stereocenters. The molecule has 0 aromatic carbocycles. The highest BCUT2D eigenvalue weighted by Crippen LogP contribution is 2.48. The number of hydrogen-bond acceptors (Lipinski definition) is 3. The fourth-order valence-corrected chi connectivity index (χ4v) is 3.16. The van der Waals surface area contributed by atoms with Gasteiger partial charge < -0.3 is 10.4 Å². The Kier molecular flexibility index (Phi) is 4.78. The van der Waals surface area contributed by atoms with Crippen LogP contribution in [0.15, 0.2) is 24.5 Å². The van der Waals surface area contributed by atoms with Crippen LogP contribution in [0.5, 0.6) is 0 Å². The molecule has 0 bridgehead atoms. The van der Waals surface area contributed by atoms with Crippen molar-refractivity contribution in [2.75, 3.05) is 13.1 Å². The van der Waals surface area contributed by atoms with E-state index in [1.54, 1.807) is 12.4 Å². The van der Waals surface area contributed by atoms with Crippen LogP contribution in [0.4, 0.5) is 0 Å². The van der Waals surface area contributed by atoms with Gasteiger partial charge in [-0.05, 0) is 31.4 Å². The molecule has 1 aliphatic carbocycles. The van der Waals surface area contributed by atoms with Crippen molar-refractivity contribution in [1.82, 2.24) is 10.3 Å². The maximum Gasteiger partial charge on any atom is 0.0954 e. The number of aromatic nitrogens is 1. The van der Waals surface area contributed by atoms with Crippen molar-refractivity contribution >= 4 is 24.8 Å². The predicted octanol–water partition coefficient (Wildman–Crippen LogP) is 1.74. The van der Waals surface area contributed by atoms with E-state index in [0.717, 1.165) is 31.5 Å². The first-order valence-electron chi connectivity index (χ1n) is 5.64. The highest BCUT2D eigenvalue weighted by molar-refractivity contribution is 5.85. The SMILES string of the molecule is Cl.Cl.OC1(c2cccnc2)CCC2CNCC21. The predicted molar refractivity (Wildman–Crippen MR) is 71.7 cm³/mol. The van der Waals surface area contributed by atoms with Gasteiger partial charge in [0.05, 0.1) is 5.60 Å². The second-order valence-electron chi connectivity index (χ2n) is 4.73. The summed E-state index contributed by atoms with van der Waals surface area (Å²) in [5.74, 6) is 1.02. The molecule has 1 saturated heterocycles. The first-order chi connectivity index (χ1) is 7.31. The van der Waals surface area contributed by atoms with E-state index in [9.17, 15) is 5.11 Å². The lowest BCUT2D eigenvalue weighted by molar-refractivity contribution is -0.00220. The third kappa shape index (κ3) is 2.29. The Morgan fingerprint density at radius 3 is 2.88 bits per heavy atom. The Morgan fingerprint density at radius 2 is 2.18 bits per heavy atom. The summed E-state index contributed by atoms with van der Waals surface area (Å²) in [6, 6.07) is 3.90. The monoisotopic (exact) mass is 276 g/mol. The largest absolute Gasteiger partial charge is 0.385 e. The topological polar surface area (TPSA) is 45.2 Å². The fraction of sp³-hybridized carbons (Fsp3) is 0.583. The molecule has 2 fully saturated rings. The van der Waals surface area contributed by atoms with E-state index in [1.807, 2.05) is 12.1 Å². The molecule has 3 nitrogen and oxygen atoms in total. The summed E-state index contributed by atoms with van der Waals surface area (Å²) < 4.78 is 0. The van der Waals surface area contributed by atoms with Crippen LogP contribution in [0, 0.1) is 11.8 Å². The van der Waals surface area contributed by atoms with E-state index in [2.05, 4.69) is 10.3 Å². The van der Waals surface area contributed by atoms with E-state index < -0.39 is 5.60 Å². The number of halogens is 2. The Bertz CT molecular complexity index is 363. The number of nitrogens with one attached hydrogen (secondary N) is 1. The molecule has 5 heteroatoms. The zero-order valence-corrected chi connectivity index (χ0v) is 11.1. The summed E-state index contributed by atoms with van der Waals surface area (Å²) in [5.41, 5.74) is 0.351. The summed E-state index contributed by atoms with van der Waals surface area (Å²) >= 11 is 0. The molecule has 17 heavy (non-hydrogen) atoms. The highest BCUT2D eigenvalue weighted by atomic mass is 35.5. The molecule has 2 N–H and O–H groups in total. The van der Waals surface area contributed by atoms with Crippen molar-refractivity contribution in [1.29, 1.82) is 0 Å². The molecule has 1 aromatic heterocycles. The Balaban J connectivity index is 0.000000722.